The van der Waals surface area contributed by atoms with E-state index in [0.717, 1.165) is 35.1 Å². The van der Waals surface area contributed by atoms with E-state index in [9.17, 15) is 0 Å². The fourth-order valence-corrected chi connectivity index (χ4v) is 13.8. The van der Waals surface area contributed by atoms with E-state index >= 15 is 0 Å². The molecule has 0 radical (unpaired) electrons. The number of fused-ring (bicyclic) bond motifs is 4. The summed E-state index contributed by atoms with van der Waals surface area (Å²) in [6, 6.07) is 18.6. The predicted octanol–water partition coefficient (Wildman–Crippen LogP) is 7.75. The second kappa shape index (κ2) is 6.59. The standard InChI is InChI=1S/C27H36Si/c1-17-14-18(2)24-16-19(3)26(25(24)15-17)28(4,5)27-22-12-8-6-10-20(22)21-11-7-9-13-23(21)27/h6-13,17-19,24-27H,14-16H2,1-5H3. The largest absolute Gasteiger partial charge is 0.0684 e. The highest BCUT2D eigenvalue weighted by Gasteiger charge is 2.55. The van der Waals surface area contributed by atoms with Crippen LogP contribution in [0.5, 0.6) is 0 Å². The van der Waals surface area contributed by atoms with Crippen LogP contribution in [0.3, 0.4) is 0 Å². The third kappa shape index (κ3) is 2.61. The lowest BCUT2D eigenvalue weighted by Crippen LogP contribution is -2.45. The summed E-state index contributed by atoms with van der Waals surface area (Å²) in [5.74, 6) is 4.68. The molecule has 3 aliphatic carbocycles. The zero-order chi connectivity index (χ0) is 19.6. The minimum Gasteiger partial charge on any atom is -0.0684 e. The van der Waals surface area contributed by atoms with Crippen molar-refractivity contribution in [2.75, 3.05) is 0 Å². The summed E-state index contributed by atoms with van der Waals surface area (Å²) in [5, 5.41) is 0. The van der Waals surface area contributed by atoms with Gasteiger partial charge in [-0.15, -0.1) is 0 Å². The van der Waals surface area contributed by atoms with Crippen molar-refractivity contribution in [2.45, 2.75) is 64.2 Å². The molecule has 0 N–H and O–H groups in total. The van der Waals surface area contributed by atoms with Gasteiger partial charge >= 0.3 is 0 Å². The second-order valence-electron chi connectivity index (χ2n) is 11.0. The van der Waals surface area contributed by atoms with Crippen LogP contribution in [-0.4, -0.2) is 8.07 Å². The predicted molar refractivity (Wildman–Crippen MR) is 123 cm³/mol. The molecule has 0 aromatic heterocycles. The van der Waals surface area contributed by atoms with E-state index in [1.165, 1.54) is 30.4 Å². The molecule has 1 heteroatoms. The Labute approximate surface area is 172 Å². The molecule has 5 rings (SSSR count). The molecule has 148 valence electrons. The number of benzene rings is 2. The maximum atomic E-state index is 2.74. The molecule has 2 aromatic rings. The summed E-state index contributed by atoms with van der Waals surface area (Å²) in [6.45, 7) is 13.1. The highest BCUT2D eigenvalue weighted by Crippen LogP contribution is 2.62. The lowest BCUT2D eigenvalue weighted by atomic mass is 9.70. The highest BCUT2D eigenvalue weighted by atomic mass is 28.3. The van der Waals surface area contributed by atoms with Gasteiger partial charge < -0.3 is 0 Å². The molecule has 6 unspecified atom stereocenters. The maximum absolute atomic E-state index is 2.74. The van der Waals surface area contributed by atoms with E-state index in [0.29, 0.717) is 5.54 Å². The van der Waals surface area contributed by atoms with Crippen molar-refractivity contribution in [1.29, 1.82) is 0 Å². The Morgan fingerprint density at radius 3 is 1.86 bits per heavy atom. The highest BCUT2D eigenvalue weighted by molar-refractivity contribution is 6.81. The van der Waals surface area contributed by atoms with Crippen molar-refractivity contribution in [3.63, 3.8) is 0 Å². The van der Waals surface area contributed by atoms with Gasteiger partial charge in [0.1, 0.15) is 0 Å². The smallest absolute Gasteiger partial charge is 0.0640 e. The molecule has 0 heterocycles. The molecular weight excluding hydrogens is 352 g/mol. The minimum absolute atomic E-state index is 0.665. The monoisotopic (exact) mass is 388 g/mol. The van der Waals surface area contributed by atoms with Crippen LogP contribution in [0.1, 0.15) is 56.7 Å². The van der Waals surface area contributed by atoms with Crippen LogP contribution in [0.25, 0.3) is 11.1 Å². The van der Waals surface area contributed by atoms with Crippen LogP contribution in [0.4, 0.5) is 0 Å². The van der Waals surface area contributed by atoms with Crippen molar-refractivity contribution >= 4 is 8.07 Å². The zero-order valence-corrected chi connectivity index (χ0v) is 19.3. The van der Waals surface area contributed by atoms with Crippen molar-refractivity contribution in [2.24, 2.45) is 29.6 Å². The average molecular weight is 389 g/mol. The Bertz CT molecular complexity index is 836. The van der Waals surface area contributed by atoms with Crippen LogP contribution in [0, 0.1) is 29.6 Å². The molecule has 0 saturated heterocycles. The van der Waals surface area contributed by atoms with E-state index in [1.54, 1.807) is 11.1 Å². The summed E-state index contributed by atoms with van der Waals surface area (Å²) >= 11 is 0. The van der Waals surface area contributed by atoms with Gasteiger partial charge in [0.25, 0.3) is 0 Å². The first-order valence-electron chi connectivity index (χ1n) is 11.6. The molecule has 0 aliphatic heterocycles. The molecule has 0 amide bonds. The SMILES string of the molecule is CC1CC(C)C2CC(C)C([Si](C)(C)C3c4ccccc4-c4ccccc43)C2C1. The molecule has 2 saturated carbocycles. The fourth-order valence-electron chi connectivity index (χ4n) is 8.22. The lowest BCUT2D eigenvalue weighted by molar-refractivity contribution is 0.149. The first-order valence-corrected chi connectivity index (χ1v) is 14.7. The molecule has 0 bridgehead atoms. The molecule has 3 aliphatic rings. The Morgan fingerprint density at radius 1 is 0.679 bits per heavy atom. The zero-order valence-electron chi connectivity index (χ0n) is 18.3. The Balaban J connectivity index is 1.61. The third-order valence-electron chi connectivity index (χ3n) is 8.88. The molecule has 28 heavy (non-hydrogen) atoms. The minimum atomic E-state index is -1.57. The number of rotatable bonds is 2. The molecule has 0 spiro atoms. The van der Waals surface area contributed by atoms with Crippen LogP contribution >= 0.6 is 0 Å². The van der Waals surface area contributed by atoms with E-state index in [4.69, 9.17) is 0 Å². The number of hydrogen-bond acceptors (Lipinski definition) is 0. The summed E-state index contributed by atoms with van der Waals surface area (Å²) in [5.41, 5.74) is 7.90. The lowest BCUT2D eigenvalue weighted by Gasteiger charge is -2.46. The normalized spacial score (nSPS) is 34.8. The van der Waals surface area contributed by atoms with Gasteiger partial charge in [-0.3, -0.25) is 0 Å². The first-order chi connectivity index (χ1) is 13.4. The van der Waals surface area contributed by atoms with Gasteiger partial charge in [-0.25, -0.2) is 0 Å². The van der Waals surface area contributed by atoms with Crippen molar-refractivity contribution in [3.05, 3.63) is 59.7 Å². The quantitative estimate of drug-likeness (QED) is 0.461. The third-order valence-corrected chi connectivity index (χ3v) is 13.7. The Kier molecular flexibility index (Phi) is 4.39. The second-order valence-corrected chi connectivity index (χ2v) is 15.9. The molecule has 6 atom stereocenters. The van der Waals surface area contributed by atoms with E-state index in [-0.39, 0.29) is 0 Å². The fraction of sp³-hybridized carbons (Fsp3) is 0.556. The summed E-state index contributed by atoms with van der Waals surface area (Å²) in [6.07, 6.45) is 4.42. The van der Waals surface area contributed by atoms with Crippen LogP contribution < -0.4 is 0 Å². The van der Waals surface area contributed by atoms with Gasteiger partial charge in [-0.2, -0.15) is 0 Å². The van der Waals surface area contributed by atoms with Gasteiger partial charge in [-0.05, 0) is 76.6 Å². The van der Waals surface area contributed by atoms with E-state index in [1.807, 2.05) is 0 Å². The molecular formula is C27H36Si. The van der Waals surface area contributed by atoms with Crippen molar-refractivity contribution < 1.29 is 0 Å². The van der Waals surface area contributed by atoms with E-state index < -0.39 is 8.07 Å². The van der Waals surface area contributed by atoms with Crippen LogP contribution in [-0.2, 0) is 0 Å². The Hall–Kier alpha value is -1.34. The van der Waals surface area contributed by atoms with Crippen LogP contribution in [0.15, 0.2) is 48.5 Å². The molecule has 0 nitrogen and oxygen atoms in total. The van der Waals surface area contributed by atoms with Gasteiger partial charge in [-0.1, -0.05) is 82.4 Å². The van der Waals surface area contributed by atoms with Crippen LogP contribution in [0.2, 0.25) is 18.6 Å². The first kappa shape index (κ1) is 18.7. The topological polar surface area (TPSA) is 0 Å². The summed E-state index contributed by atoms with van der Waals surface area (Å²) in [7, 11) is -1.57. The Morgan fingerprint density at radius 2 is 1.25 bits per heavy atom. The van der Waals surface area contributed by atoms with Crippen molar-refractivity contribution in [1.82, 2.24) is 0 Å². The average Bonchev–Trinajstić information content (AvgIpc) is 3.17. The number of hydrogen-bond donors (Lipinski definition) is 0. The van der Waals surface area contributed by atoms with E-state index in [2.05, 4.69) is 82.4 Å². The van der Waals surface area contributed by atoms with Gasteiger partial charge in [0.05, 0.1) is 8.07 Å². The van der Waals surface area contributed by atoms with Crippen molar-refractivity contribution in [3.8, 4) is 11.1 Å². The van der Waals surface area contributed by atoms with Gasteiger partial charge in [0, 0.05) is 5.54 Å². The molecule has 2 fully saturated rings. The van der Waals surface area contributed by atoms with Gasteiger partial charge in [0.2, 0.25) is 0 Å². The van der Waals surface area contributed by atoms with Gasteiger partial charge in [0.15, 0.2) is 0 Å². The summed E-state index contributed by atoms with van der Waals surface area (Å²) in [4.78, 5) is 0. The maximum Gasteiger partial charge on any atom is 0.0640 e. The molecule has 2 aromatic carbocycles. The summed E-state index contributed by atoms with van der Waals surface area (Å²) < 4.78 is 0.